The van der Waals surface area contributed by atoms with Gasteiger partial charge in [-0.2, -0.15) is 5.10 Å². The lowest BCUT2D eigenvalue weighted by Gasteiger charge is -2.09. The number of benzene rings is 3. The lowest BCUT2D eigenvalue weighted by Crippen LogP contribution is -1.98. The summed E-state index contributed by atoms with van der Waals surface area (Å²) in [7, 11) is 0. The molecule has 0 saturated heterocycles. The third-order valence-electron chi connectivity index (χ3n) is 4.25. The van der Waals surface area contributed by atoms with Crippen LogP contribution in [0.5, 0.6) is 0 Å². The van der Waals surface area contributed by atoms with E-state index in [9.17, 15) is 0 Å². The second-order valence-corrected chi connectivity index (χ2v) is 5.86. The Kier molecular flexibility index (Phi) is 3.95. The minimum absolute atomic E-state index is 0.341. The second-order valence-electron chi connectivity index (χ2n) is 5.86. The van der Waals surface area contributed by atoms with Crippen molar-refractivity contribution < 1.29 is 0 Å². The topological polar surface area (TPSA) is 24.4 Å². The lowest BCUT2D eigenvalue weighted by molar-refractivity contribution is 1.10. The summed E-state index contributed by atoms with van der Waals surface area (Å²) in [5, 5.41) is 6.87. The predicted molar refractivity (Wildman–Crippen MR) is 103 cm³/mol. The maximum Gasteiger partial charge on any atom is 0.0568 e. The van der Waals surface area contributed by atoms with Crippen molar-refractivity contribution in [2.24, 2.45) is 5.10 Å². The summed E-state index contributed by atoms with van der Waals surface area (Å²) in [4.78, 5) is 0. The number of hydrogen-bond acceptors (Lipinski definition) is 2. The minimum atomic E-state index is 0.341. The Labute approximate surface area is 141 Å². The lowest BCUT2D eigenvalue weighted by atomic mass is 9.96. The molecule has 3 aromatic rings. The Morgan fingerprint density at radius 3 is 2.42 bits per heavy atom. The van der Waals surface area contributed by atoms with Gasteiger partial charge < -0.3 is 0 Å². The molecule has 3 aromatic carbocycles. The first-order valence-electron chi connectivity index (χ1n) is 8.12. The highest BCUT2D eigenvalue weighted by molar-refractivity contribution is 5.86. The van der Waals surface area contributed by atoms with Gasteiger partial charge in [0.1, 0.15) is 0 Å². The van der Waals surface area contributed by atoms with E-state index in [-0.39, 0.29) is 0 Å². The zero-order valence-corrected chi connectivity index (χ0v) is 13.3. The monoisotopic (exact) mass is 310 g/mol. The van der Waals surface area contributed by atoms with Crippen molar-refractivity contribution in [1.29, 1.82) is 0 Å². The van der Waals surface area contributed by atoms with Gasteiger partial charge in [0.05, 0.1) is 11.9 Å². The molecule has 24 heavy (non-hydrogen) atoms. The van der Waals surface area contributed by atoms with Gasteiger partial charge in [0.15, 0.2) is 0 Å². The van der Waals surface area contributed by atoms with Crippen molar-refractivity contribution in [3.05, 3.63) is 102 Å². The highest BCUT2D eigenvalue weighted by Gasteiger charge is 2.10. The third-order valence-corrected chi connectivity index (χ3v) is 4.25. The molecule has 1 N–H and O–H groups in total. The van der Waals surface area contributed by atoms with Gasteiger partial charge >= 0.3 is 0 Å². The number of anilines is 1. The van der Waals surface area contributed by atoms with Crippen LogP contribution in [-0.2, 0) is 0 Å². The van der Waals surface area contributed by atoms with E-state index < -0.39 is 0 Å². The molecule has 0 amide bonds. The Bertz CT molecular complexity index is 939. The van der Waals surface area contributed by atoms with E-state index in [1.54, 1.807) is 0 Å². The summed E-state index contributed by atoms with van der Waals surface area (Å²) in [5.41, 5.74) is 6.53. The predicted octanol–water partition coefficient (Wildman–Crippen LogP) is 5.50. The Hall–Kier alpha value is -3.13. The highest BCUT2D eigenvalue weighted by Crippen LogP contribution is 2.25. The molecule has 0 aromatic heterocycles. The maximum atomic E-state index is 4.43. The molecule has 0 fully saturated rings. The van der Waals surface area contributed by atoms with Crippen LogP contribution in [0.4, 0.5) is 5.69 Å². The molecule has 0 radical (unpaired) electrons. The van der Waals surface area contributed by atoms with Crippen LogP contribution in [0, 0.1) is 0 Å². The molecular weight excluding hydrogens is 292 g/mol. The summed E-state index contributed by atoms with van der Waals surface area (Å²) in [5.74, 6) is 0.341. The van der Waals surface area contributed by atoms with Crippen LogP contribution in [0.2, 0.25) is 0 Å². The van der Waals surface area contributed by atoms with Crippen molar-refractivity contribution in [3.63, 3.8) is 0 Å². The van der Waals surface area contributed by atoms with Crippen molar-refractivity contribution >= 4 is 22.7 Å². The van der Waals surface area contributed by atoms with Gasteiger partial charge in [0, 0.05) is 5.92 Å². The molecule has 0 spiro atoms. The van der Waals surface area contributed by atoms with Crippen LogP contribution in [0.25, 0.3) is 10.8 Å². The van der Waals surface area contributed by atoms with Gasteiger partial charge in [-0.05, 0) is 34.0 Å². The molecule has 2 heteroatoms. The van der Waals surface area contributed by atoms with Crippen LogP contribution < -0.4 is 5.43 Å². The summed E-state index contributed by atoms with van der Waals surface area (Å²) in [6, 6.07) is 23.0. The molecule has 1 aliphatic carbocycles. The average molecular weight is 310 g/mol. The molecule has 0 saturated carbocycles. The number of rotatable bonds is 4. The van der Waals surface area contributed by atoms with E-state index in [2.05, 4.69) is 83.4 Å². The van der Waals surface area contributed by atoms with E-state index in [0.29, 0.717) is 5.92 Å². The zero-order valence-electron chi connectivity index (χ0n) is 13.3. The van der Waals surface area contributed by atoms with Crippen LogP contribution in [0.1, 0.15) is 17.0 Å². The Morgan fingerprint density at radius 2 is 1.54 bits per heavy atom. The molecular formula is C22H18N2. The second kappa shape index (κ2) is 6.55. The van der Waals surface area contributed by atoms with Crippen molar-refractivity contribution in [3.8, 4) is 0 Å². The van der Waals surface area contributed by atoms with E-state index in [4.69, 9.17) is 0 Å². The van der Waals surface area contributed by atoms with Gasteiger partial charge in [-0.3, -0.25) is 5.43 Å². The summed E-state index contributed by atoms with van der Waals surface area (Å²) in [6.07, 6.45) is 10.5. The quantitative estimate of drug-likeness (QED) is 0.499. The van der Waals surface area contributed by atoms with Gasteiger partial charge in [0.2, 0.25) is 0 Å². The molecule has 1 aliphatic rings. The number of nitrogens with one attached hydrogen (secondary N) is 1. The number of allylic oxidation sites excluding steroid dienone is 4. The first-order chi connectivity index (χ1) is 11.9. The van der Waals surface area contributed by atoms with Gasteiger partial charge in [0.25, 0.3) is 0 Å². The van der Waals surface area contributed by atoms with E-state index in [0.717, 1.165) is 11.3 Å². The Morgan fingerprint density at radius 1 is 0.792 bits per heavy atom. The van der Waals surface area contributed by atoms with E-state index in [1.165, 1.54) is 16.3 Å². The standard InChI is InChI=1S/C22H18N2/c1-4-10-19-15-21(14-13-17(19)7-1)24-23-16-20-11-5-6-12-22(20)18-8-2-3-9-18/h1-16,18,24H. The number of fused-ring (bicyclic) bond motifs is 1. The summed E-state index contributed by atoms with van der Waals surface area (Å²) < 4.78 is 0. The molecule has 116 valence electrons. The summed E-state index contributed by atoms with van der Waals surface area (Å²) in [6.45, 7) is 0. The van der Waals surface area contributed by atoms with Crippen molar-refractivity contribution in [1.82, 2.24) is 0 Å². The molecule has 4 rings (SSSR count). The van der Waals surface area contributed by atoms with Crippen LogP contribution >= 0.6 is 0 Å². The SMILES string of the molecule is C1=CC(c2ccccc2C=NNc2ccc3ccccc3c2)C=C1. The number of hydrazone groups is 1. The minimum Gasteiger partial charge on any atom is -0.278 e. The van der Waals surface area contributed by atoms with Crippen molar-refractivity contribution in [2.45, 2.75) is 5.92 Å². The van der Waals surface area contributed by atoms with Gasteiger partial charge in [-0.25, -0.2) is 0 Å². The number of nitrogens with zero attached hydrogens (tertiary/aromatic N) is 1. The third kappa shape index (κ3) is 2.99. The Balaban J connectivity index is 1.55. The molecule has 0 atom stereocenters. The van der Waals surface area contributed by atoms with Crippen LogP contribution in [0.15, 0.2) is 96.1 Å². The normalized spacial score (nSPS) is 14.0. The largest absolute Gasteiger partial charge is 0.278 e. The summed E-state index contributed by atoms with van der Waals surface area (Å²) >= 11 is 0. The fraction of sp³-hybridized carbons (Fsp3) is 0.0455. The van der Waals surface area contributed by atoms with E-state index in [1.807, 2.05) is 24.4 Å². The molecule has 2 nitrogen and oxygen atoms in total. The highest BCUT2D eigenvalue weighted by atomic mass is 15.3. The molecule has 0 bridgehead atoms. The van der Waals surface area contributed by atoms with Crippen LogP contribution in [0.3, 0.4) is 0 Å². The molecule has 0 unspecified atom stereocenters. The first-order valence-corrected chi connectivity index (χ1v) is 8.12. The van der Waals surface area contributed by atoms with Gasteiger partial charge in [-0.15, -0.1) is 0 Å². The van der Waals surface area contributed by atoms with Crippen molar-refractivity contribution in [2.75, 3.05) is 5.43 Å². The average Bonchev–Trinajstić information content (AvgIpc) is 3.16. The number of hydrogen-bond donors (Lipinski definition) is 1. The molecule has 0 heterocycles. The van der Waals surface area contributed by atoms with Gasteiger partial charge in [-0.1, -0.05) is 78.9 Å². The maximum absolute atomic E-state index is 4.43. The fourth-order valence-electron chi connectivity index (χ4n) is 3.01. The zero-order chi connectivity index (χ0) is 16.2. The molecule has 0 aliphatic heterocycles. The van der Waals surface area contributed by atoms with E-state index >= 15 is 0 Å². The smallest absolute Gasteiger partial charge is 0.0568 e. The first kappa shape index (κ1) is 14.5. The van der Waals surface area contributed by atoms with Crippen LogP contribution in [-0.4, -0.2) is 6.21 Å². The fourth-order valence-corrected chi connectivity index (χ4v) is 3.01.